The van der Waals surface area contributed by atoms with Crippen LogP contribution in [0, 0.1) is 0 Å². The Morgan fingerprint density at radius 1 is 1.29 bits per heavy atom. The molecule has 0 aliphatic rings. The summed E-state index contributed by atoms with van der Waals surface area (Å²) in [7, 11) is 0. The summed E-state index contributed by atoms with van der Waals surface area (Å²) in [6.07, 6.45) is -7.13. The van der Waals surface area contributed by atoms with E-state index in [1.807, 2.05) is 0 Å². The molecule has 0 bridgehead atoms. The van der Waals surface area contributed by atoms with Gasteiger partial charge in [-0.15, -0.1) is 0 Å². The Bertz CT molecular complexity index is 389. The minimum Gasteiger partial charge on any atom is -0.478 e. The molecular formula is C10H10F3NO3. The zero-order chi connectivity index (χ0) is 13.1. The first kappa shape index (κ1) is 13.3. The zero-order valence-electron chi connectivity index (χ0n) is 8.53. The second-order valence-corrected chi connectivity index (χ2v) is 3.32. The van der Waals surface area contributed by atoms with Gasteiger partial charge in [0.15, 0.2) is 6.10 Å². The average Bonchev–Trinajstić information content (AvgIpc) is 2.25. The fraction of sp³-hybridized carbons (Fsp3) is 0.300. The summed E-state index contributed by atoms with van der Waals surface area (Å²) in [4.78, 5) is 10.5. The second-order valence-electron chi connectivity index (χ2n) is 3.32. The molecule has 0 aliphatic heterocycles. The Morgan fingerprint density at radius 2 is 1.82 bits per heavy atom. The van der Waals surface area contributed by atoms with Gasteiger partial charge in [-0.1, -0.05) is 0 Å². The Hall–Kier alpha value is -1.76. The van der Waals surface area contributed by atoms with Gasteiger partial charge in [-0.3, -0.25) is 0 Å². The van der Waals surface area contributed by atoms with Gasteiger partial charge in [0.05, 0.1) is 5.56 Å². The molecule has 0 saturated heterocycles. The smallest absolute Gasteiger partial charge is 0.416 e. The number of hydrogen-bond acceptors (Lipinski definition) is 3. The van der Waals surface area contributed by atoms with Gasteiger partial charge in [-0.25, -0.2) is 4.79 Å². The third-order valence-corrected chi connectivity index (χ3v) is 2.01. The predicted octanol–water partition coefficient (Wildman–Crippen LogP) is 1.72. The number of aliphatic hydroxyl groups is 1. The summed E-state index contributed by atoms with van der Waals surface area (Å²) in [6.45, 7) is -0.685. The Labute approximate surface area is 94.7 Å². The molecule has 0 radical (unpaired) electrons. The number of nitrogens with one attached hydrogen (secondary N) is 1. The van der Waals surface area contributed by atoms with Crippen molar-refractivity contribution in [3.63, 3.8) is 0 Å². The number of benzene rings is 1. The molecule has 0 aliphatic carbocycles. The van der Waals surface area contributed by atoms with Crippen molar-refractivity contribution in [1.29, 1.82) is 0 Å². The number of aliphatic hydroxyl groups excluding tert-OH is 1. The largest absolute Gasteiger partial charge is 0.478 e. The number of carbonyl (C=O) groups is 1. The van der Waals surface area contributed by atoms with Crippen LogP contribution in [0.2, 0.25) is 0 Å². The van der Waals surface area contributed by atoms with E-state index in [9.17, 15) is 18.0 Å². The molecular weight excluding hydrogens is 239 g/mol. The lowest BCUT2D eigenvalue weighted by Crippen LogP contribution is -2.34. The summed E-state index contributed by atoms with van der Waals surface area (Å²) in [5, 5.41) is 19.7. The summed E-state index contributed by atoms with van der Waals surface area (Å²) >= 11 is 0. The van der Waals surface area contributed by atoms with E-state index in [4.69, 9.17) is 10.2 Å². The van der Waals surface area contributed by atoms with Crippen molar-refractivity contribution in [3.05, 3.63) is 29.8 Å². The molecule has 0 amide bonds. The highest BCUT2D eigenvalue weighted by Gasteiger charge is 2.37. The normalized spacial score (nSPS) is 13.2. The first-order valence-electron chi connectivity index (χ1n) is 4.62. The van der Waals surface area contributed by atoms with Crippen LogP contribution in [0.4, 0.5) is 18.9 Å². The molecule has 0 saturated carbocycles. The average molecular weight is 249 g/mol. The molecule has 17 heavy (non-hydrogen) atoms. The van der Waals surface area contributed by atoms with E-state index < -0.39 is 24.8 Å². The lowest BCUT2D eigenvalue weighted by Gasteiger charge is -2.15. The molecule has 94 valence electrons. The number of alkyl halides is 3. The van der Waals surface area contributed by atoms with Crippen LogP contribution in [0.15, 0.2) is 24.3 Å². The third kappa shape index (κ3) is 3.95. The van der Waals surface area contributed by atoms with Crippen molar-refractivity contribution in [2.24, 2.45) is 0 Å². The fourth-order valence-corrected chi connectivity index (χ4v) is 1.06. The highest BCUT2D eigenvalue weighted by atomic mass is 19.4. The van der Waals surface area contributed by atoms with Crippen molar-refractivity contribution >= 4 is 11.7 Å². The van der Waals surface area contributed by atoms with Gasteiger partial charge in [0.25, 0.3) is 0 Å². The summed E-state index contributed by atoms with van der Waals surface area (Å²) in [5.74, 6) is -1.12. The van der Waals surface area contributed by atoms with Crippen molar-refractivity contribution < 1.29 is 28.2 Å². The van der Waals surface area contributed by atoms with Crippen molar-refractivity contribution in [1.82, 2.24) is 0 Å². The van der Waals surface area contributed by atoms with Gasteiger partial charge in [0.1, 0.15) is 0 Å². The van der Waals surface area contributed by atoms with Crippen LogP contribution in [0.25, 0.3) is 0 Å². The minimum atomic E-state index is -4.67. The summed E-state index contributed by atoms with van der Waals surface area (Å²) in [6, 6.07) is 5.16. The quantitative estimate of drug-likeness (QED) is 0.759. The number of carboxylic acid groups (broad SMARTS) is 1. The molecule has 0 fully saturated rings. The van der Waals surface area contributed by atoms with E-state index in [2.05, 4.69) is 5.32 Å². The van der Waals surface area contributed by atoms with E-state index >= 15 is 0 Å². The maximum Gasteiger partial charge on any atom is 0.416 e. The number of hydrogen-bond donors (Lipinski definition) is 3. The highest BCUT2D eigenvalue weighted by molar-refractivity contribution is 5.87. The van der Waals surface area contributed by atoms with Crippen LogP contribution in [0.5, 0.6) is 0 Å². The Balaban J connectivity index is 2.56. The fourth-order valence-electron chi connectivity index (χ4n) is 1.06. The predicted molar refractivity (Wildman–Crippen MR) is 54.0 cm³/mol. The molecule has 4 nitrogen and oxygen atoms in total. The molecule has 0 aromatic heterocycles. The van der Waals surface area contributed by atoms with Gasteiger partial charge in [-0.05, 0) is 24.3 Å². The zero-order valence-corrected chi connectivity index (χ0v) is 8.53. The summed E-state index contributed by atoms with van der Waals surface area (Å²) in [5.41, 5.74) is 0.338. The number of rotatable bonds is 4. The maximum atomic E-state index is 12.0. The monoisotopic (exact) mass is 249 g/mol. The van der Waals surface area contributed by atoms with Crippen LogP contribution in [0.3, 0.4) is 0 Å². The molecule has 1 rings (SSSR count). The van der Waals surface area contributed by atoms with Crippen molar-refractivity contribution in [2.75, 3.05) is 11.9 Å². The highest BCUT2D eigenvalue weighted by Crippen LogP contribution is 2.20. The van der Waals surface area contributed by atoms with Crippen LogP contribution in [0.1, 0.15) is 10.4 Å². The maximum absolute atomic E-state index is 12.0. The van der Waals surface area contributed by atoms with E-state index in [1.165, 1.54) is 24.3 Å². The molecule has 0 spiro atoms. The molecule has 7 heteroatoms. The van der Waals surface area contributed by atoms with E-state index in [0.29, 0.717) is 5.69 Å². The third-order valence-electron chi connectivity index (χ3n) is 2.01. The lowest BCUT2D eigenvalue weighted by molar-refractivity contribution is -0.198. The second kappa shape index (κ2) is 5.05. The van der Waals surface area contributed by atoms with Gasteiger partial charge < -0.3 is 15.5 Å². The molecule has 1 aromatic rings. The molecule has 0 heterocycles. The van der Waals surface area contributed by atoms with E-state index in [0.717, 1.165) is 0 Å². The number of carboxylic acids is 1. The standard InChI is InChI=1S/C10H10F3NO3/c11-10(12,13)8(15)5-14-7-3-1-6(2-4-7)9(16)17/h1-4,8,14-15H,5H2,(H,16,17). The Morgan fingerprint density at radius 3 is 2.24 bits per heavy atom. The number of halogens is 3. The SMILES string of the molecule is O=C(O)c1ccc(NCC(O)C(F)(F)F)cc1. The molecule has 1 unspecified atom stereocenters. The van der Waals surface area contributed by atoms with E-state index in [1.54, 1.807) is 0 Å². The van der Waals surface area contributed by atoms with Crippen LogP contribution in [-0.4, -0.2) is 35.0 Å². The van der Waals surface area contributed by atoms with Gasteiger partial charge in [-0.2, -0.15) is 13.2 Å². The van der Waals surface area contributed by atoms with Gasteiger partial charge >= 0.3 is 12.1 Å². The van der Waals surface area contributed by atoms with E-state index in [-0.39, 0.29) is 5.56 Å². The first-order valence-corrected chi connectivity index (χ1v) is 4.62. The van der Waals surface area contributed by atoms with Crippen LogP contribution < -0.4 is 5.32 Å². The summed E-state index contributed by atoms with van der Waals surface area (Å²) < 4.78 is 35.9. The topological polar surface area (TPSA) is 69.6 Å². The first-order chi connectivity index (χ1) is 7.80. The van der Waals surface area contributed by atoms with Gasteiger partial charge in [0.2, 0.25) is 0 Å². The molecule has 1 atom stereocenters. The lowest BCUT2D eigenvalue weighted by atomic mass is 10.2. The van der Waals surface area contributed by atoms with Gasteiger partial charge in [0, 0.05) is 12.2 Å². The van der Waals surface area contributed by atoms with Crippen molar-refractivity contribution in [2.45, 2.75) is 12.3 Å². The number of anilines is 1. The molecule has 3 N–H and O–H groups in total. The minimum absolute atomic E-state index is 0.0342. The van der Waals surface area contributed by atoms with Crippen LogP contribution in [-0.2, 0) is 0 Å². The van der Waals surface area contributed by atoms with Crippen LogP contribution >= 0.6 is 0 Å². The van der Waals surface area contributed by atoms with Crippen molar-refractivity contribution in [3.8, 4) is 0 Å². The Kier molecular flexibility index (Phi) is 3.95. The number of aromatic carboxylic acids is 1. The molecule has 1 aromatic carbocycles.